The Morgan fingerprint density at radius 2 is 2.05 bits per heavy atom. The van der Waals surface area contributed by atoms with Crippen molar-refractivity contribution in [2.45, 2.75) is 32.9 Å². The molecule has 0 radical (unpaired) electrons. The first-order valence-corrected chi connectivity index (χ1v) is 7.25. The molecule has 2 rings (SSSR count). The quantitative estimate of drug-likeness (QED) is 0.858. The van der Waals surface area contributed by atoms with Gasteiger partial charge < -0.3 is 15.3 Å². The van der Waals surface area contributed by atoms with Crippen molar-refractivity contribution in [3.8, 4) is 0 Å². The van der Waals surface area contributed by atoms with Crippen LogP contribution in [0.15, 0.2) is 24.3 Å². The molecule has 2 amide bonds. The molecule has 114 valence electrons. The van der Waals surface area contributed by atoms with E-state index < -0.39 is 6.04 Å². The molecular formula is C16H22N2O3. The molecule has 1 aromatic rings. The van der Waals surface area contributed by atoms with Crippen LogP contribution in [-0.4, -0.2) is 41.0 Å². The number of rotatable bonds is 4. The normalized spacial score (nSPS) is 18.8. The molecule has 1 aliphatic rings. The highest BCUT2D eigenvalue weighted by atomic mass is 16.3. The van der Waals surface area contributed by atoms with Crippen LogP contribution >= 0.6 is 0 Å². The SMILES string of the molecule is CC(=O)N1Cc2ccccc2C[C@H]1C(=O)NCC(C)CO. The summed E-state index contributed by atoms with van der Waals surface area (Å²) >= 11 is 0. The summed E-state index contributed by atoms with van der Waals surface area (Å²) in [5, 5.41) is 11.8. The number of nitrogens with one attached hydrogen (secondary N) is 1. The van der Waals surface area contributed by atoms with Crippen LogP contribution in [-0.2, 0) is 22.6 Å². The van der Waals surface area contributed by atoms with Crippen LogP contribution in [0.1, 0.15) is 25.0 Å². The third kappa shape index (κ3) is 3.61. The molecule has 0 saturated heterocycles. The van der Waals surface area contributed by atoms with Gasteiger partial charge in [0.05, 0.1) is 0 Å². The monoisotopic (exact) mass is 290 g/mol. The molecule has 5 heteroatoms. The molecule has 1 aliphatic heterocycles. The van der Waals surface area contributed by atoms with Crippen LogP contribution in [0, 0.1) is 5.92 Å². The van der Waals surface area contributed by atoms with Gasteiger partial charge in [0, 0.05) is 33.0 Å². The van der Waals surface area contributed by atoms with E-state index in [0.717, 1.165) is 11.1 Å². The Bertz CT molecular complexity index is 530. The van der Waals surface area contributed by atoms with Crippen LogP contribution in [0.3, 0.4) is 0 Å². The average molecular weight is 290 g/mol. The molecule has 0 bridgehead atoms. The van der Waals surface area contributed by atoms with E-state index in [1.54, 1.807) is 4.90 Å². The zero-order valence-corrected chi connectivity index (χ0v) is 12.5. The molecule has 0 aromatic heterocycles. The molecule has 0 saturated carbocycles. The summed E-state index contributed by atoms with van der Waals surface area (Å²) in [7, 11) is 0. The van der Waals surface area contributed by atoms with Gasteiger partial charge in [-0.2, -0.15) is 0 Å². The molecule has 2 atom stereocenters. The molecule has 2 N–H and O–H groups in total. The summed E-state index contributed by atoms with van der Waals surface area (Å²) in [4.78, 5) is 25.8. The van der Waals surface area contributed by atoms with Crippen LogP contribution in [0.2, 0.25) is 0 Å². The fourth-order valence-electron chi connectivity index (χ4n) is 2.55. The third-order valence-electron chi connectivity index (χ3n) is 3.89. The topological polar surface area (TPSA) is 69.6 Å². The zero-order chi connectivity index (χ0) is 15.4. The first kappa shape index (κ1) is 15.5. The van der Waals surface area contributed by atoms with Crippen molar-refractivity contribution in [1.82, 2.24) is 10.2 Å². The molecule has 1 heterocycles. The van der Waals surface area contributed by atoms with Crippen molar-refractivity contribution in [3.05, 3.63) is 35.4 Å². The van der Waals surface area contributed by atoms with Gasteiger partial charge in [-0.15, -0.1) is 0 Å². The van der Waals surface area contributed by atoms with Gasteiger partial charge in [0.1, 0.15) is 6.04 Å². The lowest BCUT2D eigenvalue weighted by Gasteiger charge is -2.35. The van der Waals surface area contributed by atoms with E-state index >= 15 is 0 Å². The summed E-state index contributed by atoms with van der Waals surface area (Å²) in [6.45, 7) is 4.27. The summed E-state index contributed by atoms with van der Waals surface area (Å²) in [5.74, 6) is -0.240. The van der Waals surface area contributed by atoms with Gasteiger partial charge in [-0.1, -0.05) is 31.2 Å². The minimum Gasteiger partial charge on any atom is -0.396 e. The van der Waals surface area contributed by atoms with Crippen LogP contribution in [0.5, 0.6) is 0 Å². The van der Waals surface area contributed by atoms with Crippen molar-refractivity contribution >= 4 is 11.8 Å². The van der Waals surface area contributed by atoms with Crippen LogP contribution in [0.25, 0.3) is 0 Å². The standard InChI is InChI=1S/C16H22N2O3/c1-11(10-19)8-17-16(21)15-7-13-5-3-4-6-14(13)9-18(15)12(2)20/h3-6,11,15,19H,7-10H2,1-2H3,(H,17,21)/t11?,15-/m0/s1. The number of carbonyl (C=O) groups is 2. The number of carbonyl (C=O) groups excluding carboxylic acids is 2. The maximum absolute atomic E-state index is 12.4. The van der Waals surface area contributed by atoms with Gasteiger partial charge in [-0.3, -0.25) is 9.59 Å². The van der Waals surface area contributed by atoms with Gasteiger partial charge in [-0.05, 0) is 17.0 Å². The Balaban J connectivity index is 2.13. The Morgan fingerprint density at radius 1 is 1.38 bits per heavy atom. The summed E-state index contributed by atoms with van der Waals surface area (Å²) < 4.78 is 0. The molecule has 0 aliphatic carbocycles. The number of aliphatic hydroxyl groups excluding tert-OH is 1. The van der Waals surface area contributed by atoms with Gasteiger partial charge >= 0.3 is 0 Å². The highest BCUT2D eigenvalue weighted by molar-refractivity contribution is 5.87. The first-order valence-electron chi connectivity index (χ1n) is 7.25. The van der Waals surface area contributed by atoms with Crippen molar-refractivity contribution in [2.24, 2.45) is 5.92 Å². The summed E-state index contributed by atoms with van der Waals surface area (Å²) in [6.07, 6.45) is 0.537. The van der Waals surface area contributed by atoms with Gasteiger partial charge in [0.2, 0.25) is 11.8 Å². The van der Waals surface area contributed by atoms with Gasteiger partial charge in [0.25, 0.3) is 0 Å². The minimum atomic E-state index is -0.469. The Labute approximate surface area is 125 Å². The lowest BCUT2D eigenvalue weighted by atomic mass is 9.93. The number of aliphatic hydroxyl groups is 1. The average Bonchev–Trinajstić information content (AvgIpc) is 2.50. The van der Waals surface area contributed by atoms with E-state index in [1.807, 2.05) is 31.2 Å². The van der Waals surface area contributed by atoms with Crippen LogP contribution in [0.4, 0.5) is 0 Å². The lowest BCUT2D eigenvalue weighted by molar-refractivity contribution is -0.140. The van der Waals surface area contributed by atoms with Crippen molar-refractivity contribution in [1.29, 1.82) is 0 Å². The number of nitrogens with zero attached hydrogens (tertiary/aromatic N) is 1. The second-order valence-corrected chi connectivity index (χ2v) is 5.67. The van der Waals surface area contributed by atoms with Crippen molar-refractivity contribution in [3.63, 3.8) is 0 Å². The maximum atomic E-state index is 12.4. The van der Waals surface area contributed by atoms with E-state index in [1.165, 1.54) is 6.92 Å². The fraction of sp³-hybridized carbons (Fsp3) is 0.500. The summed E-state index contributed by atoms with van der Waals surface area (Å²) in [5.41, 5.74) is 2.21. The predicted molar refractivity (Wildman–Crippen MR) is 79.4 cm³/mol. The van der Waals surface area contributed by atoms with E-state index in [9.17, 15) is 9.59 Å². The Morgan fingerprint density at radius 3 is 2.67 bits per heavy atom. The number of amides is 2. The molecule has 0 fully saturated rings. The molecule has 21 heavy (non-hydrogen) atoms. The first-order chi connectivity index (χ1) is 10.0. The molecule has 0 spiro atoms. The van der Waals surface area contributed by atoms with E-state index in [2.05, 4.69) is 5.32 Å². The fourth-order valence-corrected chi connectivity index (χ4v) is 2.55. The van der Waals surface area contributed by atoms with Gasteiger partial charge in [0.15, 0.2) is 0 Å². The zero-order valence-electron chi connectivity index (χ0n) is 12.5. The number of hydrogen-bond acceptors (Lipinski definition) is 3. The predicted octanol–water partition coefficient (Wildman–Crippen LogP) is 0.704. The molecule has 1 unspecified atom stereocenters. The Hall–Kier alpha value is -1.88. The largest absolute Gasteiger partial charge is 0.396 e. The number of benzene rings is 1. The van der Waals surface area contributed by atoms with E-state index in [4.69, 9.17) is 5.11 Å². The highest BCUT2D eigenvalue weighted by Crippen LogP contribution is 2.23. The highest BCUT2D eigenvalue weighted by Gasteiger charge is 2.32. The molecule has 5 nitrogen and oxygen atoms in total. The number of hydrogen-bond donors (Lipinski definition) is 2. The van der Waals surface area contributed by atoms with E-state index in [0.29, 0.717) is 19.5 Å². The van der Waals surface area contributed by atoms with Crippen molar-refractivity contribution in [2.75, 3.05) is 13.2 Å². The van der Waals surface area contributed by atoms with Crippen molar-refractivity contribution < 1.29 is 14.7 Å². The molecular weight excluding hydrogens is 268 g/mol. The second kappa shape index (κ2) is 6.72. The van der Waals surface area contributed by atoms with Crippen LogP contribution < -0.4 is 5.32 Å². The summed E-state index contributed by atoms with van der Waals surface area (Å²) in [6, 6.07) is 7.42. The second-order valence-electron chi connectivity index (χ2n) is 5.67. The van der Waals surface area contributed by atoms with E-state index in [-0.39, 0.29) is 24.3 Å². The Kier molecular flexibility index (Phi) is 4.96. The smallest absolute Gasteiger partial charge is 0.243 e. The minimum absolute atomic E-state index is 0.00982. The molecule has 1 aromatic carbocycles. The van der Waals surface area contributed by atoms with Gasteiger partial charge in [-0.25, -0.2) is 0 Å². The maximum Gasteiger partial charge on any atom is 0.243 e. The number of fused-ring (bicyclic) bond motifs is 1. The lowest BCUT2D eigenvalue weighted by Crippen LogP contribution is -2.52. The third-order valence-corrected chi connectivity index (χ3v) is 3.89.